The van der Waals surface area contributed by atoms with Crippen LogP contribution in [0.5, 0.6) is 0 Å². The molecule has 24 nitrogen and oxygen atoms in total. The molecule has 3 fully saturated rings. The van der Waals surface area contributed by atoms with Crippen molar-refractivity contribution in [3.05, 3.63) is 24.4 Å². The van der Waals surface area contributed by atoms with Crippen molar-refractivity contribution in [2.45, 2.75) is 168 Å². The Hall–Kier alpha value is -2.97. The van der Waals surface area contributed by atoms with E-state index in [1.54, 1.807) is 9.80 Å². The van der Waals surface area contributed by atoms with Crippen molar-refractivity contribution >= 4 is 99.8 Å². The van der Waals surface area contributed by atoms with Crippen LogP contribution in [0.1, 0.15) is 86.8 Å². The number of aromatic nitrogens is 7. The first-order valence-corrected chi connectivity index (χ1v) is 40.1. The highest BCUT2D eigenvalue weighted by molar-refractivity contribution is 8.32. The number of hydrogen-bond donors (Lipinski definition) is 6. The van der Waals surface area contributed by atoms with Gasteiger partial charge < -0.3 is 89.9 Å². The highest BCUT2D eigenvalue weighted by Crippen LogP contribution is 2.55. The summed E-state index contributed by atoms with van der Waals surface area (Å²) in [5, 5.41) is 9.55. The summed E-state index contributed by atoms with van der Waals surface area (Å²) in [5.74, 6) is 0.701. The molecule has 458 valence electrons. The number of nitrogen functional groups attached to an aromatic ring is 1. The number of nitrogens with two attached hydrogens (primary N) is 1. The van der Waals surface area contributed by atoms with Crippen molar-refractivity contribution < 1.29 is 65.2 Å². The van der Waals surface area contributed by atoms with Crippen molar-refractivity contribution in [3.8, 4) is 0 Å². The molecule has 0 spiro atoms. The van der Waals surface area contributed by atoms with Crippen molar-refractivity contribution in [3.63, 3.8) is 0 Å². The molecule has 8 rings (SSSR count). The maximum absolute atomic E-state index is 16.6. The van der Waals surface area contributed by atoms with Gasteiger partial charge in [0.05, 0.1) is 70.8 Å². The number of alkyl halides is 1. The molecule has 4 aliphatic heterocycles. The van der Waals surface area contributed by atoms with Crippen LogP contribution in [0.4, 0.5) is 26.8 Å². The topological polar surface area (TPSA) is 276 Å². The smallest absolute Gasteiger partial charge is 0.407 e. The van der Waals surface area contributed by atoms with E-state index in [1.165, 1.54) is 56.5 Å². The van der Waals surface area contributed by atoms with Gasteiger partial charge in [-0.1, -0.05) is 52.2 Å². The Balaban J connectivity index is 0.000000669. The first kappa shape index (κ1) is 67.2. The number of alkyl carbamates (subject to hydrolysis) is 1. The molecule has 8 heterocycles. The molecule has 31 heteroatoms. The number of aryl methyl sites for hydroxylation is 1. The maximum Gasteiger partial charge on any atom is 0.407 e. The van der Waals surface area contributed by atoms with Crippen LogP contribution in [-0.2, 0) is 71.8 Å². The normalized spacial score (nSPS) is 27.2. The number of rotatable bonds is 17. The van der Waals surface area contributed by atoms with Gasteiger partial charge in [0.25, 0.3) is 0 Å². The summed E-state index contributed by atoms with van der Waals surface area (Å²) in [4.78, 5) is 52.1. The lowest BCUT2D eigenvalue weighted by atomic mass is 10.1. The number of nitrogens with zero attached hydrogens (tertiary/aromatic N) is 7. The van der Waals surface area contributed by atoms with E-state index < -0.39 is 98.4 Å². The van der Waals surface area contributed by atoms with E-state index in [9.17, 15) is 14.3 Å². The average Bonchev–Trinajstić information content (AvgIpc) is 4.32. The number of halogens is 1. The van der Waals surface area contributed by atoms with Gasteiger partial charge in [-0.15, -0.1) is 0 Å². The fourth-order valence-corrected chi connectivity index (χ4v) is 14.2. The van der Waals surface area contributed by atoms with E-state index in [-0.39, 0.29) is 41.1 Å². The molecular weight excluding hydrogens is 1160 g/mol. The van der Waals surface area contributed by atoms with Crippen LogP contribution in [0.2, 0.25) is 43.8 Å². The number of ether oxygens (including phenoxy) is 3. The molecule has 0 aromatic carbocycles. The molecule has 0 radical (unpaired) electrons. The second-order valence-corrected chi connectivity index (χ2v) is 39.0. The number of carbonyl (C=O) groups is 1. The third-order valence-electron chi connectivity index (χ3n) is 15.4. The highest BCUT2D eigenvalue weighted by atomic mass is 32.7. The summed E-state index contributed by atoms with van der Waals surface area (Å²) in [6.45, 7) is 28.9. The van der Waals surface area contributed by atoms with Crippen LogP contribution in [0.3, 0.4) is 0 Å². The standard InChI is InChI=1S/C38H60FN11O11P2S2Si2.2C6H15N/c1-38(2,3)67(7,8)61-29-27-23(58-35(29)49-16-21-10-9-11-41-31-24(21)32(49)45-19-44-31)18-56-63(53,65)60-28-25(39)22(17-55-62(52,64)59-27)57-34(28)50-20-46-26-30(40)47-36(48-33(26)50)42-12-13-43-37(51)54-14-15-66(4,5)6;2*1-4-7(5-2)6-3/h16,19-20,22-23,25,27-29,34-35H,9-15,17-18H2,1-8H3,(H,43,51)(H,52,64)(H,53,65)(H,41,44,45)(H3,40,42,47,48);2*4-6H2,1-3H3/t22-,23-,25-,27-,28-,29-,34-,35-,62?,63?;;/m1../s1. The van der Waals surface area contributed by atoms with Gasteiger partial charge in [-0.2, -0.15) is 9.97 Å². The molecule has 0 aliphatic carbocycles. The van der Waals surface area contributed by atoms with Crippen LogP contribution < -0.4 is 36.4 Å². The number of amides is 1. The summed E-state index contributed by atoms with van der Waals surface area (Å²) in [6.07, 6.45) is -5.41. The Morgan fingerprint density at radius 1 is 0.914 bits per heavy atom. The molecule has 10 atom stereocenters. The number of carbonyl (C=O) groups excluding carboxylic acids is 1. The van der Waals surface area contributed by atoms with Crippen LogP contribution in [-0.4, -0.2) is 172 Å². The molecule has 2 unspecified atom stereocenters. The number of hydrogen-bond acceptors (Lipinski definition) is 21. The largest absolute Gasteiger partial charge is 0.780 e. The molecule has 4 aromatic heterocycles. The lowest BCUT2D eigenvalue weighted by Gasteiger charge is -2.42. The number of nitrogens with one attached hydrogen (secondary N) is 5. The predicted molar refractivity (Wildman–Crippen MR) is 321 cm³/mol. The summed E-state index contributed by atoms with van der Waals surface area (Å²) in [5.41, 5.74) is 8.05. The lowest BCUT2D eigenvalue weighted by Crippen LogP contribution is -3.11. The number of fused-ring (bicyclic) bond motifs is 4. The second-order valence-electron chi connectivity index (χ2n) is 23.2. The monoisotopic (exact) mass is 1250 g/mol. The van der Waals surface area contributed by atoms with Gasteiger partial charge in [0.15, 0.2) is 38.4 Å². The Labute approximate surface area is 489 Å². The van der Waals surface area contributed by atoms with Gasteiger partial charge in [-0.25, -0.2) is 24.1 Å². The van der Waals surface area contributed by atoms with Gasteiger partial charge in [-0.05, 0) is 84.1 Å². The Morgan fingerprint density at radius 3 is 2.17 bits per heavy atom. The van der Waals surface area contributed by atoms with E-state index in [0.29, 0.717) is 18.1 Å². The summed E-state index contributed by atoms with van der Waals surface area (Å²) < 4.78 is 83.0. The van der Waals surface area contributed by atoms with Crippen molar-refractivity contribution in [1.82, 2.24) is 39.4 Å². The maximum atomic E-state index is 16.6. The van der Waals surface area contributed by atoms with Crippen LogP contribution in [0.15, 0.2) is 18.9 Å². The second kappa shape index (κ2) is 28.9. The number of quaternary nitrogens is 2. The zero-order valence-corrected chi connectivity index (χ0v) is 55.2. The van der Waals surface area contributed by atoms with Crippen molar-refractivity contribution in [1.29, 1.82) is 0 Å². The molecule has 0 saturated carbocycles. The summed E-state index contributed by atoms with van der Waals surface area (Å²) in [6, 6.07) is 0.834. The Kier molecular flexibility index (Phi) is 24.0. The number of anilines is 3. The van der Waals surface area contributed by atoms with E-state index in [0.717, 1.165) is 36.4 Å². The Bertz CT molecular complexity index is 2770. The molecule has 1 amide bonds. The minimum absolute atomic E-state index is 0.0297. The SMILES string of the molecule is CC(C)(C)[Si](C)(C)O[C@@H]1[C@@H]2OP([O-])(=S)OC[C@H]3O[C@@H](n4cnc5c(N)nc(NCCNC(=O)OCC[Si](C)(C)C)nc54)[C@H](OP(=O)([S-])OC[C@H]2O[C@H]1n1cc2c4c(ncnc41)NCCC2)[C@@H]3F.CC[NH+](CC)CC.CC[NH+](CC)CC. The van der Waals surface area contributed by atoms with Crippen LogP contribution in [0.25, 0.3) is 22.2 Å². The van der Waals surface area contributed by atoms with Gasteiger partial charge in [0.2, 0.25) is 12.7 Å². The molecule has 4 aliphatic rings. The first-order chi connectivity index (χ1) is 38.1. The summed E-state index contributed by atoms with van der Waals surface area (Å²) in [7, 11) is -4.07. The lowest BCUT2D eigenvalue weighted by molar-refractivity contribution is -0.894. The molecule has 4 aromatic rings. The van der Waals surface area contributed by atoms with Crippen LogP contribution in [0, 0.1) is 0 Å². The predicted octanol–water partition coefficient (Wildman–Crippen LogP) is 5.13. The van der Waals surface area contributed by atoms with Crippen LogP contribution >= 0.6 is 13.5 Å². The average molecular weight is 1250 g/mol. The van der Waals surface area contributed by atoms with E-state index >= 15 is 4.39 Å². The molecule has 3 saturated heterocycles. The quantitative estimate of drug-likeness (QED) is 0.0346. The summed E-state index contributed by atoms with van der Waals surface area (Å²) >= 11 is 10.9. The number of imidazole rings is 1. The zero-order chi connectivity index (χ0) is 59.7. The van der Waals surface area contributed by atoms with E-state index in [4.69, 9.17) is 66.5 Å². The van der Waals surface area contributed by atoms with E-state index in [2.05, 4.69) is 123 Å². The molecule has 7 N–H and O–H groups in total. The molecule has 2 bridgehead atoms. The van der Waals surface area contributed by atoms with Gasteiger partial charge >= 0.3 is 6.09 Å². The van der Waals surface area contributed by atoms with Gasteiger partial charge in [-0.3, -0.25) is 9.13 Å². The fraction of sp³-hybridized carbons (Fsp3) is 0.760. The molecule has 81 heavy (non-hydrogen) atoms. The Morgan fingerprint density at radius 2 is 1.56 bits per heavy atom. The van der Waals surface area contributed by atoms with Gasteiger partial charge in [0, 0.05) is 33.9 Å². The van der Waals surface area contributed by atoms with Crippen molar-refractivity contribution in [2.24, 2.45) is 0 Å². The van der Waals surface area contributed by atoms with E-state index in [1.807, 2.05) is 23.9 Å². The zero-order valence-electron chi connectivity index (χ0n) is 49.7. The molecular formula is C50H90FN13O11P2S2Si2. The first-order valence-electron chi connectivity index (χ1n) is 28.4. The van der Waals surface area contributed by atoms with Crippen molar-refractivity contribution in [2.75, 3.05) is 95.1 Å². The third kappa shape index (κ3) is 17.6. The highest BCUT2D eigenvalue weighted by Gasteiger charge is 2.55. The third-order valence-corrected chi connectivity index (χ3v) is 24.7. The van der Waals surface area contributed by atoms with Gasteiger partial charge in [0.1, 0.15) is 60.5 Å². The fourth-order valence-electron chi connectivity index (χ4n) is 9.40. The minimum Gasteiger partial charge on any atom is -0.780 e. The minimum atomic E-state index is -4.62.